The molecule has 0 unspecified atom stereocenters. The molecule has 0 radical (unpaired) electrons. The maximum Gasteiger partial charge on any atom is 0.306 e. The first-order chi connectivity index (χ1) is 12.5. The number of aryl methyl sites for hydroxylation is 1. The van der Waals surface area contributed by atoms with Gasteiger partial charge in [-0.05, 0) is 42.3 Å². The highest BCUT2D eigenvalue weighted by Crippen LogP contribution is 2.12. The zero-order valence-corrected chi connectivity index (χ0v) is 14.5. The van der Waals surface area contributed by atoms with Crippen molar-refractivity contribution < 1.29 is 23.5 Å². The molecule has 0 aliphatic rings. The summed E-state index contributed by atoms with van der Waals surface area (Å²) >= 11 is 0. The summed E-state index contributed by atoms with van der Waals surface area (Å²) in [5.41, 5.74) is 1.40. The van der Waals surface area contributed by atoms with E-state index in [0.29, 0.717) is 23.2 Å². The number of carbonyl (C=O) groups excluding carboxylic acids is 3. The number of ether oxygens (including phenoxy) is 1. The van der Waals surface area contributed by atoms with Crippen LogP contribution in [0.1, 0.15) is 35.7 Å². The first-order valence-corrected chi connectivity index (χ1v) is 8.31. The van der Waals surface area contributed by atoms with E-state index in [9.17, 15) is 18.8 Å². The van der Waals surface area contributed by atoms with Crippen molar-refractivity contribution in [1.82, 2.24) is 0 Å². The molecule has 6 heteroatoms. The zero-order chi connectivity index (χ0) is 18.9. The van der Waals surface area contributed by atoms with Gasteiger partial charge in [-0.3, -0.25) is 14.4 Å². The molecule has 1 N–H and O–H groups in total. The van der Waals surface area contributed by atoms with Crippen LogP contribution in [0.25, 0.3) is 0 Å². The van der Waals surface area contributed by atoms with Crippen molar-refractivity contribution in [3.05, 3.63) is 65.5 Å². The van der Waals surface area contributed by atoms with Crippen LogP contribution in [0.15, 0.2) is 48.5 Å². The number of halogens is 1. The largest absolute Gasteiger partial charge is 0.457 e. The fourth-order valence-corrected chi connectivity index (χ4v) is 2.23. The lowest BCUT2D eigenvalue weighted by Gasteiger charge is -2.07. The van der Waals surface area contributed by atoms with Crippen molar-refractivity contribution in [2.75, 3.05) is 11.9 Å². The summed E-state index contributed by atoms with van der Waals surface area (Å²) in [6.07, 6.45) is 0.575. The Kier molecular flexibility index (Phi) is 7.02. The molecule has 0 heterocycles. The number of hydrogen-bond donors (Lipinski definition) is 1. The van der Waals surface area contributed by atoms with Crippen molar-refractivity contribution >= 4 is 23.3 Å². The van der Waals surface area contributed by atoms with Gasteiger partial charge in [0.15, 0.2) is 12.4 Å². The van der Waals surface area contributed by atoms with Crippen LogP contribution in [0, 0.1) is 5.82 Å². The molecule has 1 amide bonds. The SMILES string of the molecule is CCC(=O)Nc1ccc(C(=O)COC(=O)CCc2ccccc2F)cc1. The highest BCUT2D eigenvalue weighted by atomic mass is 19.1. The first-order valence-electron chi connectivity index (χ1n) is 8.31. The number of amides is 1. The van der Waals surface area contributed by atoms with Crippen LogP contribution in [0.4, 0.5) is 10.1 Å². The molecule has 5 nitrogen and oxygen atoms in total. The second-order valence-electron chi connectivity index (χ2n) is 5.65. The van der Waals surface area contributed by atoms with E-state index in [4.69, 9.17) is 4.74 Å². The minimum absolute atomic E-state index is 0.00377. The molecular weight excluding hydrogens is 337 g/mol. The highest BCUT2D eigenvalue weighted by Gasteiger charge is 2.11. The van der Waals surface area contributed by atoms with Gasteiger partial charge in [-0.1, -0.05) is 25.1 Å². The van der Waals surface area contributed by atoms with E-state index in [2.05, 4.69) is 5.32 Å². The number of ketones is 1. The summed E-state index contributed by atoms with van der Waals surface area (Å²) < 4.78 is 18.4. The van der Waals surface area contributed by atoms with Crippen molar-refractivity contribution in [1.29, 1.82) is 0 Å². The molecule has 0 bridgehead atoms. The minimum Gasteiger partial charge on any atom is -0.457 e. The predicted molar refractivity (Wildman–Crippen MR) is 95.4 cm³/mol. The van der Waals surface area contributed by atoms with Gasteiger partial charge >= 0.3 is 5.97 Å². The average Bonchev–Trinajstić information content (AvgIpc) is 2.66. The third kappa shape index (κ3) is 5.81. The van der Waals surface area contributed by atoms with E-state index in [0.717, 1.165) is 0 Å². The van der Waals surface area contributed by atoms with Crippen LogP contribution in [0.2, 0.25) is 0 Å². The summed E-state index contributed by atoms with van der Waals surface area (Å²) in [6, 6.07) is 12.5. The van der Waals surface area contributed by atoms with Gasteiger partial charge in [-0.15, -0.1) is 0 Å². The molecule has 0 aliphatic carbocycles. The summed E-state index contributed by atoms with van der Waals surface area (Å²) in [7, 11) is 0. The Morgan fingerprint density at radius 2 is 1.73 bits per heavy atom. The van der Waals surface area contributed by atoms with Gasteiger partial charge in [0.1, 0.15) is 5.82 Å². The topological polar surface area (TPSA) is 72.5 Å². The fraction of sp³-hybridized carbons (Fsp3) is 0.250. The molecule has 0 fully saturated rings. The Bertz CT molecular complexity index is 787. The average molecular weight is 357 g/mol. The third-order valence-electron chi connectivity index (χ3n) is 3.73. The number of hydrogen-bond acceptors (Lipinski definition) is 4. The molecule has 0 atom stereocenters. The maximum absolute atomic E-state index is 13.5. The van der Waals surface area contributed by atoms with E-state index in [-0.39, 0.29) is 37.0 Å². The number of anilines is 1. The molecule has 2 aromatic rings. The summed E-state index contributed by atoms with van der Waals surface area (Å²) in [4.78, 5) is 35.1. The maximum atomic E-state index is 13.5. The second kappa shape index (κ2) is 9.46. The molecule has 0 aliphatic heterocycles. The Morgan fingerprint density at radius 1 is 1.04 bits per heavy atom. The zero-order valence-electron chi connectivity index (χ0n) is 14.5. The minimum atomic E-state index is -0.562. The molecule has 0 saturated carbocycles. The molecular formula is C20H20FNO4. The lowest BCUT2D eigenvalue weighted by atomic mass is 10.1. The Morgan fingerprint density at radius 3 is 2.38 bits per heavy atom. The van der Waals surface area contributed by atoms with Gasteiger partial charge in [0.05, 0.1) is 0 Å². The predicted octanol–water partition coefficient (Wildman–Crippen LogP) is 3.53. The monoisotopic (exact) mass is 357 g/mol. The fourth-order valence-electron chi connectivity index (χ4n) is 2.23. The number of benzene rings is 2. The van der Waals surface area contributed by atoms with Gasteiger partial charge in [-0.2, -0.15) is 0 Å². The van der Waals surface area contributed by atoms with Crippen LogP contribution < -0.4 is 5.32 Å². The number of nitrogens with one attached hydrogen (secondary N) is 1. The van der Waals surface area contributed by atoms with Crippen LogP contribution in [-0.4, -0.2) is 24.3 Å². The Labute approximate surface area is 151 Å². The molecule has 2 rings (SSSR count). The van der Waals surface area contributed by atoms with Crippen molar-refractivity contribution in [3.63, 3.8) is 0 Å². The van der Waals surface area contributed by atoms with Crippen molar-refractivity contribution in [2.24, 2.45) is 0 Å². The quantitative estimate of drug-likeness (QED) is 0.579. The third-order valence-corrected chi connectivity index (χ3v) is 3.73. The summed E-state index contributed by atoms with van der Waals surface area (Å²) in [6.45, 7) is 1.37. The van der Waals surface area contributed by atoms with Crippen LogP contribution >= 0.6 is 0 Å². The lowest BCUT2D eigenvalue weighted by molar-refractivity contribution is -0.142. The van der Waals surface area contributed by atoms with Gasteiger partial charge in [0.25, 0.3) is 0 Å². The van der Waals surface area contributed by atoms with E-state index in [1.807, 2.05) is 0 Å². The molecule has 0 saturated heterocycles. The molecule has 0 aromatic heterocycles. The van der Waals surface area contributed by atoms with E-state index >= 15 is 0 Å². The van der Waals surface area contributed by atoms with Gasteiger partial charge < -0.3 is 10.1 Å². The summed E-state index contributed by atoms with van der Waals surface area (Å²) in [5.74, 6) is -1.40. The first kappa shape index (κ1) is 19.3. The van der Waals surface area contributed by atoms with Crippen molar-refractivity contribution in [2.45, 2.75) is 26.2 Å². The standard InChI is InChI=1S/C20H20FNO4/c1-2-19(24)22-16-10-7-15(8-11-16)18(23)13-26-20(25)12-9-14-5-3-4-6-17(14)21/h3-8,10-11H,2,9,12-13H2,1H3,(H,22,24). The lowest BCUT2D eigenvalue weighted by Crippen LogP contribution is -2.15. The molecule has 26 heavy (non-hydrogen) atoms. The van der Waals surface area contributed by atoms with Gasteiger partial charge in [0.2, 0.25) is 5.91 Å². The normalized spacial score (nSPS) is 10.2. The number of esters is 1. The highest BCUT2D eigenvalue weighted by molar-refractivity contribution is 5.98. The number of rotatable bonds is 8. The van der Waals surface area contributed by atoms with Gasteiger partial charge in [-0.25, -0.2) is 4.39 Å². The Balaban J connectivity index is 1.79. The smallest absolute Gasteiger partial charge is 0.306 e. The van der Waals surface area contributed by atoms with E-state index in [1.54, 1.807) is 49.4 Å². The van der Waals surface area contributed by atoms with Crippen molar-refractivity contribution in [3.8, 4) is 0 Å². The number of carbonyl (C=O) groups is 3. The molecule has 0 spiro atoms. The van der Waals surface area contributed by atoms with E-state index < -0.39 is 5.97 Å². The number of Topliss-reactive ketones (excluding diaryl/α,β-unsaturated/α-hetero) is 1. The molecule has 136 valence electrons. The second-order valence-corrected chi connectivity index (χ2v) is 5.65. The van der Waals surface area contributed by atoms with Crippen LogP contribution in [0.5, 0.6) is 0 Å². The van der Waals surface area contributed by atoms with E-state index in [1.165, 1.54) is 6.07 Å². The van der Waals surface area contributed by atoms with Crippen LogP contribution in [0.3, 0.4) is 0 Å². The summed E-state index contributed by atoms with van der Waals surface area (Å²) in [5, 5.41) is 2.68. The Hall–Kier alpha value is -3.02. The van der Waals surface area contributed by atoms with Gasteiger partial charge in [0, 0.05) is 24.1 Å². The van der Waals surface area contributed by atoms with Crippen LogP contribution in [-0.2, 0) is 20.7 Å². The molecule has 2 aromatic carbocycles.